The van der Waals surface area contributed by atoms with Crippen LogP contribution < -0.4 is 9.47 Å². The van der Waals surface area contributed by atoms with Crippen molar-refractivity contribution in [1.82, 2.24) is 9.97 Å². The van der Waals surface area contributed by atoms with Gasteiger partial charge in [0, 0.05) is 0 Å². The number of nitriles is 1. The van der Waals surface area contributed by atoms with Crippen LogP contribution in [0, 0.1) is 11.3 Å². The van der Waals surface area contributed by atoms with Gasteiger partial charge in [0.25, 0.3) is 0 Å². The van der Waals surface area contributed by atoms with E-state index in [1.165, 1.54) is 0 Å². The summed E-state index contributed by atoms with van der Waals surface area (Å²) in [6.45, 7) is 5.11. The van der Waals surface area contributed by atoms with E-state index in [0.717, 1.165) is 27.5 Å². The Balaban J connectivity index is 2.01. The molecule has 0 bridgehead atoms. The number of hydrogen-bond acceptors (Lipinski definition) is 4. The number of ether oxygens (including phenoxy) is 2. The van der Waals surface area contributed by atoms with Gasteiger partial charge in [-0.3, -0.25) is 0 Å². The molecular formula is C21H20BrN3O2. The Hall–Kier alpha value is -2.78. The zero-order valence-electron chi connectivity index (χ0n) is 15.3. The maximum Gasteiger partial charge on any atom is 0.175 e. The number of allylic oxidation sites excluding steroid dienone is 1. The second-order valence-electron chi connectivity index (χ2n) is 5.88. The van der Waals surface area contributed by atoms with E-state index in [2.05, 4.69) is 38.9 Å². The summed E-state index contributed by atoms with van der Waals surface area (Å²) in [5.41, 5.74) is 3.00. The van der Waals surface area contributed by atoms with Gasteiger partial charge in [-0.05, 0) is 65.2 Å². The summed E-state index contributed by atoms with van der Waals surface area (Å²) in [5.74, 6) is 1.87. The number of halogens is 1. The molecule has 3 rings (SSSR count). The minimum atomic E-state index is 0.447. The minimum absolute atomic E-state index is 0.447. The molecule has 0 radical (unpaired) electrons. The first kappa shape index (κ1) is 19.0. The standard InChI is InChI=1S/C21H20BrN3O2/c1-3-9-27-20-16(22)11-14(12-19(20)26-4-2)10-15(13-23)21-24-17-7-5-6-8-18(17)25-21/h5-8,10-12H,3-4,9H2,1-2H3,(H,24,25). The van der Waals surface area contributed by atoms with Crippen LogP contribution in [-0.4, -0.2) is 23.2 Å². The summed E-state index contributed by atoms with van der Waals surface area (Å²) in [5, 5.41) is 9.63. The highest BCUT2D eigenvalue weighted by atomic mass is 79.9. The van der Waals surface area contributed by atoms with Crippen molar-refractivity contribution >= 4 is 38.6 Å². The van der Waals surface area contributed by atoms with Gasteiger partial charge in [-0.2, -0.15) is 5.26 Å². The number of hydrogen-bond donors (Lipinski definition) is 1. The summed E-state index contributed by atoms with van der Waals surface area (Å²) >= 11 is 3.55. The van der Waals surface area contributed by atoms with Crippen molar-refractivity contribution in [2.75, 3.05) is 13.2 Å². The second-order valence-corrected chi connectivity index (χ2v) is 6.74. The number of benzene rings is 2. The number of rotatable bonds is 7. The van der Waals surface area contributed by atoms with Gasteiger partial charge < -0.3 is 14.5 Å². The predicted molar refractivity (Wildman–Crippen MR) is 111 cm³/mol. The van der Waals surface area contributed by atoms with E-state index in [1.807, 2.05) is 43.3 Å². The smallest absolute Gasteiger partial charge is 0.175 e. The van der Waals surface area contributed by atoms with Gasteiger partial charge >= 0.3 is 0 Å². The molecule has 0 amide bonds. The number of fused-ring (bicyclic) bond motifs is 1. The lowest BCUT2D eigenvalue weighted by Gasteiger charge is -2.14. The van der Waals surface area contributed by atoms with Gasteiger partial charge in [0.15, 0.2) is 11.5 Å². The molecular weight excluding hydrogens is 406 g/mol. The number of H-pyrrole nitrogens is 1. The molecule has 0 aliphatic rings. The van der Waals surface area contributed by atoms with Crippen molar-refractivity contribution in [3.8, 4) is 17.6 Å². The largest absolute Gasteiger partial charge is 0.490 e. The Bertz CT molecular complexity index is 985. The first-order valence-electron chi connectivity index (χ1n) is 8.82. The van der Waals surface area contributed by atoms with Crippen molar-refractivity contribution in [1.29, 1.82) is 5.26 Å². The zero-order chi connectivity index (χ0) is 19.2. The van der Waals surface area contributed by atoms with E-state index < -0.39 is 0 Å². The molecule has 0 fully saturated rings. The van der Waals surface area contributed by atoms with Gasteiger partial charge in [0.1, 0.15) is 11.9 Å². The maximum atomic E-state index is 9.63. The Morgan fingerprint density at radius 1 is 1.26 bits per heavy atom. The molecule has 138 valence electrons. The van der Waals surface area contributed by atoms with Crippen molar-refractivity contribution in [3.05, 3.63) is 52.3 Å². The van der Waals surface area contributed by atoms with Crippen LogP contribution in [0.2, 0.25) is 0 Å². The highest BCUT2D eigenvalue weighted by molar-refractivity contribution is 9.10. The third-order valence-electron chi connectivity index (χ3n) is 3.86. The van der Waals surface area contributed by atoms with Crippen molar-refractivity contribution < 1.29 is 9.47 Å². The predicted octanol–water partition coefficient (Wildman–Crippen LogP) is 5.58. The average molecular weight is 426 g/mol. The Morgan fingerprint density at radius 2 is 2.07 bits per heavy atom. The molecule has 6 heteroatoms. The van der Waals surface area contributed by atoms with E-state index in [0.29, 0.717) is 36.1 Å². The minimum Gasteiger partial charge on any atom is -0.490 e. The first-order valence-corrected chi connectivity index (χ1v) is 9.61. The molecule has 1 aromatic heterocycles. The van der Waals surface area contributed by atoms with E-state index in [-0.39, 0.29) is 0 Å². The summed E-state index contributed by atoms with van der Waals surface area (Å²) < 4.78 is 12.3. The van der Waals surface area contributed by atoms with Crippen LogP contribution in [0.1, 0.15) is 31.7 Å². The van der Waals surface area contributed by atoms with Crippen LogP contribution in [0.4, 0.5) is 0 Å². The monoisotopic (exact) mass is 425 g/mol. The van der Waals surface area contributed by atoms with E-state index in [9.17, 15) is 5.26 Å². The molecule has 27 heavy (non-hydrogen) atoms. The first-order chi connectivity index (χ1) is 13.2. The topological polar surface area (TPSA) is 70.9 Å². The summed E-state index contributed by atoms with van der Waals surface area (Å²) in [4.78, 5) is 7.70. The number of para-hydroxylation sites is 2. The highest BCUT2D eigenvalue weighted by Crippen LogP contribution is 2.38. The molecule has 0 aliphatic carbocycles. The van der Waals surface area contributed by atoms with Crippen LogP contribution in [0.25, 0.3) is 22.7 Å². The number of imidazole rings is 1. The molecule has 1 N–H and O–H groups in total. The molecule has 0 unspecified atom stereocenters. The molecule has 0 spiro atoms. The van der Waals surface area contributed by atoms with Gasteiger partial charge in [0.05, 0.1) is 34.3 Å². The summed E-state index contributed by atoms with van der Waals surface area (Å²) in [7, 11) is 0. The lowest BCUT2D eigenvalue weighted by atomic mass is 10.1. The number of aromatic nitrogens is 2. The molecule has 5 nitrogen and oxygen atoms in total. The summed E-state index contributed by atoms with van der Waals surface area (Å²) in [6.07, 6.45) is 2.69. The maximum absolute atomic E-state index is 9.63. The van der Waals surface area contributed by atoms with Crippen LogP contribution in [0.5, 0.6) is 11.5 Å². The van der Waals surface area contributed by atoms with Crippen molar-refractivity contribution in [2.45, 2.75) is 20.3 Å². The van der Waals surface area contributed by atoms with Crippen LogP contribution in [0.15, 0.2) is 40.9 Å². The lowest BCUT2D eigenvalue weighted by Crippen LogP contribution is -2.01. The van der Waals surface area contributed by atoms with Crippen LogP contribution in [0.3, 0.4) is 0 Å². The van der Waals surface area contributed by atoms with Gasteiger partial charge in [0.2, 0.25) is 0 Å². The van der Waals surface area contributed by atoms with Gasteiger partial charge in [-0.1, -0.05) is 19.1 Å². The van der Waals surface area contributed by atoms with Gasteiger partial charge in [-0.15, -0.1) is 0 Å². The Kier molecular flexibility index (Phi) is 6.15. The van der Waals surface area contributed by atoms with Crippen molar-refractivity contribution in [2.24, 2.45) is 0 Å². The molecule has 0 saturated carbocycles. The lowest BCUT2D eigenvalue weighted by molar-refractivity contribution is 0.275. The number of aromatic amines is 1. The Labute approximate surface area is 166 Å². The molecule has 3 aromatic rings. The average Bonchev–Trinajstić information content (AvgIpc) is 3.09. The zero-order valence-corrected chi connectivity index (χ0v) is 16.8. The van der Waals surface area contributed by atoms with Gasteiger partial charge in [-0.25, -0.2) is 4.98 Å². The number of nitrogens with zero attached hydrogens (tertiary/aromatic N) is 2. The van der Waals surface area contributed by atoms with E-state index in [1.54, 1.807) is 6.08 Å². The fourth-order valence-corrected chi connectivity index (χ4v) is 3.25. The SMILES string of the molecule is CCCOc1c(Br)cc(C=C(C#N)c2nc3ccccc3[nH]2)cc1OCC. The number of nitrogens with one attached hydrogen (secondary N) is 1. The van der Waals surface area contributed by atoms with Crippen molar-refractivity contribution in [3.63, 3.8) is 0 Å². The molecule has 1 heterocycles. The molecule has 0 atom stereocenters. The van der Waals surface area contributed by atoms with Crippen LogP contribution >= 0.6 is 15.9 Å². The fraction of sp³-hybridized carbons (Fsp3) is 0.238. The highest BCUT2D eigenvalue weighted by Gasteiger charge is 2.13. The molecule has 2 aromatic carbocycles. The second kappa shape index (κ2) is 8.74. The summed E-state index contributed by atoms with van der Waals surface area (Å²) in [6, 6.07) is 13.7. The molecule has 0 saturated heterocycles. The Morgan fingerprint density at radius 3 is 2.78 bits per heavy atom. The van der Waals surface area contributed by atoms with E-state index >= 15 is 0 Å². The molecule has 0 aliphatic heterocycles. The van der Waals surface area contributed by atoms with Crippen LogP contribution in [-0.2, 0) is 0 Å². The van der Waals surface area contributed by atoms with E-state index in [4.69, 9.17) is 9.47 Å². The normalized spacial score (nSPS) is 11.4. The third-order valence-corrected chi connectivity index (χ3v) is 4.45. The quantitative estimate of drug-likeness (QED) is 0.501. The third kappa shape index (κ3) is 4.32. The fourth-order valence-electron chi connectivity index (χ4n) is 2.68.